The minimum Gasteiger partial charge on any atom is -0.398 e. The summed E-state index contributed by atoms with van der Waals surface area (Å²) >= 11 is 5.20. The quantitative estimate of drug-likeness (QED) is 0.456. The molecule has 0 radical (unpaired) electrons. The van der Waals surface area contributed by atoms with Crippen LogP contribution in [0.3, 0.4) is 0 Å². The van der Waals surface area contributed by atoms with E-state index in [-0.39, 0.29) is 17.1 Å². The molecule has 0 aliphatic heterocycles. The van der Waals surface area contributed by atoms with Crippen molar-refractivity contribution in [1.29, 1.82) is 0 Å². The highest BCUT2D eigenvalue weighted by Gasteiger charge is 2.15. The smallest absolute Gasteiger partial charge is 0.182 e. The molecule has 2 nitrogen and oxygen atoms in total. The number of rotatable bonds is 2. The lowest BCUT2D eigenvalue weighted by atomic mass is 10.1. The number of carbonyl (C=O) groups is 1. The predicted molar refractivity (Wildman–Crippen MR) is 45.8 cm³/mol. The topological polar surface area (TPSA) is 43.1 Å². The second kappa shape index (κ2) is 3.70. The Bertz CT molecular complexity index is 331. The summed E-state index contributed by atoms with van der Waals surface area (Å²) in [5, 5.41) is 0. The van der Waals surface area contributed by atoms with Crippen molar-refractivity contribution in [3.63, 3.8) is 0 Å². The zero-order chi connectivity index (χ0) is 10.0. The van der Waals surface area contributed by atoms with Crippen molar-refractivity contribution >= 4 is 23.1 Å². The standard InChI is InChI=1S/C8H6ClF2NO/c9-3-7(13)8-5(11)1-4(10)2-6(8)12/h1-2H,3,12H2. The van der Waals surface area contributed by atoms with Crippen molar-refractivity contribution in [3.8, 4) is 0 Å². The molecule has 0 fully saturated rings. The number of alkyl halides is 1. The van der Waals surface area contributed by atoms with Gasteiger partial charge in [0.1, 0.15) is 11.6 Å². The minimum absolute atomic E-state index is 0.233. The molecule has 1 aromatic rings. The van der Waals surface area contributed by atoms with Crippen LogP contribution in [0.5, 0.6) is 0 Å². The largest absolute Gasteiger partial charge is 0.398 e. The Morgan fingerprint density at radius 1 is 1.46 bits per heavy atom. The molecule has 0 unspecified atom stereocenters. The Morgan fingerprint density at radius 3 is 2.54 bits per heavy atom. The summed E-state index contributed by atoms with van der Waals surface area (Å²) in [5.74, 6) is -2.84. The number of halogens is 3. The summed E-state index contributed by atoms with van der Waals surface area (Å²) in [7, 11) is 0. The van der Waals surface area contributed by atoms with Gasteiger partial charge in [-0.15, -0.1) is 11.6 Å². The molecule has 0 amide bonds. The first-order chi connectivity index (χ1) is 6.06. The molecule has 0 aliphatic rings. The Kier molecular flexibility index (Phi) is 2.83. The predicted octanol–water partition coefficient (Wildman–Crippen LogP) is 1.97. The fourth-order valence-corrected chi connectivity index (χ4v) is 1.09. The number of Topliss-reactive ketones (excluding diaryl/α,β-unsaturated/α-hetero) is 1. The summed E-state index contributed by atoms with van der Waals surface area (Å²) in [6.07, 6.45) is 0. The van der Waals surface area contributed by atoms with Gasteiger partial charge in [-0.25, -0.2) is 8.78 Å². The number of nitrogen functional groups attached to an aromatic ring is 1. The van der Waals surface area contributed by atoms with Gasteiger partial charge in [-0.05, 0) is 6.07 Å². The Hall–Kier alpha value is -1.16. The van der Waals surface area contributed by atoms with E-state index >= 15 is 0 Å². The monoisotopic (exact) mass is 205 g/mol. The Balaban J connectivity index is 3.28. The van der Waals surface area contributed by atoms with Crippen LogP contribution in [0.4, 0.5) is 14.5 Å². The highest BCUT2D eigenvalue weighted by molar-refractivity contribution is 6.31. The van der Waals surface area contributed by atoms with Gasteiger partial charge in [-0.1, -0.05) is 0 Å². The first-order valence-corrected chi connectivity index (χ1v) is 3.93. The number of anilines is 1. The first-order valence-electron chi connectivity index (χ1n) is 3.40. The molecule has 1 aromatic carbocycles. The van der Waals surface area contributed by atoms with Crippen molar-refractivity contribution in [2.75, 3.05) is 11.6 Å². The maximum Gasteiger partial charge on any atom is 0.182 e. The van der Waals surface area contributed by atoms with Gasteiger partial charge in [0.25, 0.3) is 0 Å². The second-order valence-electron chi connectivity index (χ2n) is 2.41. The number of ketones is 1. The molecule has 0 bridgehead atoms. The van der Waals surface area contributed by atoms with Crippen molar-refractivity contribution < 1.29 is 13.6 Å². The van der Waals surface area contributed by atoms with E-state index in [0.29, 0.717) is 6.07 Å². The fraction of sp³-hybridized carbons (Fsp3) is 0.125. The number of benzene rings is 1. The first kappa shape index (κ1) is 9.92. The van der Waals surface area contributed by atoms with Crippen LogP contribution in [0.25, 0.3) is 0 Å². The van der Waals surface area contributed by atoms with Gasteiger partial charge < -0.3 is 5.73 Å². The van der Waals surface area contributed by atoms with Crippen LogP contribution in [0.1, 0.15) is 10.4 Å². The van der Waals surface area contributed by atoms with Crippen LogP contribution in [-0.4, -0.2) is 11.7 Å². The molecule has 0 saturated carbocycles. The summed E-state index contributed by atoms with van der Waals surface area (Å²) in [6, 6.07) is 1.47. The van der Waals surface area contributed by atoms with Crippen molar-refractivity contribution in [1.82, 2.24) is 0 Å². The van der Waals surface area contributed by atoms with Crippen LogP contribution in [0.2, 0.25) is 0 Å². The van der Waals surface area contributed by atoms with Gasteiger partial charge in [0.15, 0.2) is 5.78 Å². The Morgan fingerprint density at radius 2 is 2.08 bits per heavy atom. The van der Waals surface area contributed by atoms with E-state index in [1.165, 1.54) is 0 Å². The van der Waals surface area contributed by atoms with E-state index in [2.05, 4.69) is 0 Å². The van der Waals surface area contributed by atoms with Crippen molar-refractivity contribution in [2.45, 2.75) is 0 Å². The van der Waals surface area contributed by atoms with E-state index in [9.17, 15) is 13.6 Å². The summed E-state index contributed by atoms with van der Waals surface area (Å²) < 4.78 is 25.5. The third-order valence-corrected chi connectivity index (χ3v) is 1.73. The van der Waals surface area contributed by atoms with Gasteiger partial charge in [0, 0.05) is 11.8 Å². The number of carbonyl (C=O) groups excluding carboxylic acids is 1. The Labute approximate surface area is 78.3 Å². The highest BCUT2D eigenvalue weighted by Crippen LogP contribution is 2.18. The fourth-order valence-electron chi connectivity index (χ4n) is 0.954. The van der Waals surface area contributed by atoms with Crippen LogP contribution >= 0.6 is 11.6 Å². The average molecular weight is 206 g/mol. The molecular formula is C8H6ClF2NO. The van der Waals surface area contributed by atoms with Gasteiger partial charge in [-0.3, -0.25) is 4.79 Å². The number of hydrogen-bond acceptors (Lipinski definition) is 2. The lowest BCUT2D eigenvalue weighted by molar-refractivity contribution is 0.101. The maximum absolute atomic E-state index is 12.9. The molecule has 0 aliphatic carbocycles. The van der Waals surface area contributed by atoms with Crippen LogP contribution in [-0.2, 0) is 0 Å². The van der Waals surface area contributed by atoms with E-state index in [1.54, 1.807) is 0 Å². The molecule has 5 heteroatoms. The van der Waals surface area contributed by atoms with E-state index < -0.39 is 17.4 Å². The second-order valence-corrected chi connectivity index (χ2v) is 2.68. The number of nitrogens with two attached hydrogens (primary N) is 1. The van der Waals surface area contributed by atoms with E-state index in [4.69, 9.17) is 17.3 Å². The summed E-state index contributed by atoms with van der Waals surface area (Å²) in [4.78, 5) is 11.0. The third kappa shape index (κ3) is 1.95. The molecule has 0 spiro atoms. The summed E-state index contributed by atoms with van der Waals surface area (Å²) in [6.45, 7) is 0. The van der Waals surface area contributed by atoms with E-state index in [0.717, 1.165) is 6.07 Å². The van der Waals surface area contributed by atoms with Crippen LogP contribution in [0.15, 0.2) is 12.1 Å². The molecule has 70 valence electrons. The molecule has 1 rings (SSSR count). The summed E-state index contributed by atoms with van der Waals surface area (Å²) in [5.41, 5.74) is 4.66. The normalized spacial score (nSPS) is 10.1. The highest BCUT2D eigenvalue weighted by atomic mass is 35.5. The molecular weight excluding hydrogens is 200 g/mol. The maximum atomic E-state index is 12.9. The van der Waals surface area contributed by atoms with Crippen molar-refractivity contribution in [2.24, 2.45) is 0 Å². The molecule has 0 atom stereocenters. The number of hydrogen-bond donors (Lipinski definition) is 1. The van der Waals surface area contributed by atoms with Crippen LogP contribution < -0.4 is 5.73 Å². The SMILES string of the molecule is Nc1cc(F)cc(F)c1C(=O)CCl. The van der Waals surface area contributed by atoms with E-state index in [1.807, 2.05) is 0 Å². The third-order valence-electron chi connectivity index (χ3n) is 1.49. The van der Waals surface area contributed by atoms with Crippen molar-refractivity contribution in [3.05, 3.63) is 29.3 Å². The van der Waals surface area contributed by atoms with Gasteiger partial charge in [-0.2, -0.15) is 0 Å². The lowest BCUT2D eigenvalue weighted by Crippen LogP contribution is -2.08. The molecule has 13 heavy (non-hydrogen) atoms. The zero-order valence-corrected chi connectivity index (χ0v) is 7.24. The molecule has 0 aromatic heterocycles. The average Bonchev–Trinajstić information content (AvgIpc) is 2.02. The molecule has 0 heterocycles. The molecule has 2 N–H and O–H groups in total. The zero-order valence-electron chi connectivity index (χ0n) is 6.48. The van der Waals surface area contributed by atoms with Crippen LogP contribution in [0, 0.1) is 11.6 Å². The molecule has 0 saturated heterocycles. The van der Waals surface area contributed by atoms with Gasteiger partial charge >= 0.3 is 0 Å². The van der Waals surface area contributed by atoms with Gasteiger partial charge in [0.2, 0.25) is 0 Å². The lowest BCUT2D eigenvalue weighted by Gasteiger charge is -2.03. The van der Waals surface area contributed by atoms with Gasteiger partial charge in [0.05, 0.1) is 11.4 Å². The minimum atomic E-state index is -0.983.